The summed E-state index contributed by atoms with van der Waals surface area (Å²) in [5.41, 5.74) is 0. The number of likely N-dealkylation sites (tertiary alicyclic amines) is 1. The first kappa shape index (κ1) is 14.8. The third-order valence-corrected chi connectivity index (χ3v) is 3.61. The number of nitrogens with zero attached hydrogens (tertiary/aromatic N) is 1. The van der Waals surface area contributed by atoms with Gasteiger partial charge in [-0.3, -0.25) is 4.79 Å². The Kier molecular flexibility index (Phi) is 5.44. The molecule has 1 unspecified atom stereocenters. The van der Waals surface area contributed by atoms with Gasteiger partial charge in [0.05, 0.1) is 5.92 Å². The van der Waals surface area contributed by atoms with E-state index >= 15 is 0 Å². The summed E-state index contributed by atoms with van der Waals surface area (Å²) in [6.45, 7) is 7.18. The minimum Gasteiger partial charge on any atom is -0.481 e. The Balaban J connectivity index is 2.53. The summed E-state index contributed by atoms with van der Waals surface area (Å²) >= 11 is 0. The molecule has 1 aliphatic heterocycles. The smallest absolute Gasteiger partial charge is 0.317 e. The fourth-order valence-electron chi connectivity index (χ4n) is 2.35. The van der Waals surface area contributed by atoms with Crippen molar-refractivity contribution in [3.63, 3.8) is 0 Å². The number of rotatable bonds is 4. The largest absolute Gasteiger partial charge is 0.481 e. The normalized spacial score (nSPS) is 21.8. The SMILES string of the molecule is CCC(NC(=O)N1CCC[C@H](C(=O)O)C1)C(C)C. The number of hydrogen-bond acceptors (Lipinski definition) is 2. The number of nitrogens with one attached hydrogen (secondary N) is 1. The standard InChI is InChI=1S/C13H24N2O3/c1-4-11(9(2)3)14-13(18)15-7-5-6-10(8-15)12(16)17/h9-11H,4-8H2,1-3H3,(H,14,18)(H,16,17)/t10-,11?/m0/s1. The van der Waals surface area contributed by atoms with Crippen molar-refractivity contribution in [2.45, 2.75) is 46.1 Å². The van der Waals surface area contributed by atoms with Crippen LogP contribution in [0.3, 0.4) is 0 Å². The molecule has 0 saturated carbocycles. The molecule has 0 aromatic heterocycles. The van der Waals surface area contributed by atoms with Crippen LogP contribution in [-0.4, -0.2) is 41.1 Å². The Morgan fingerprint density at radius 2 is 2.11 bits per heavy atom. The molecular weight excluding hydrogens is 232 g/mol. The van der Waals surface area contributed by atoms with Gasteiger partial charge in [0.25, 0.3) is 0 Å². The van der Waals surface area contributed by atoms with Crippen molar-refractivity contribution in [3.05, 3.63) is 0 Å². The highest BCUT2D eigenvalue weighted by Crippen LogP contribution is 2.17. The number of carboxylic acid groups (broad SMARTS) is 1. The molecule has 1 heterocycles. The molecule has 1 rings (SSSR count). The van der Waals surface area contributed by atoms with Crippen molar-refractivity contribution in [3.8, 4) is 0 Å². The minimum absolute atomic E-state index is 0.124. The first-order chi connectivity index (χ1) is 8.45. The maximum atomic E-state index is 12.1. The fourth-order valence-corrected chi connectivity index (χ4v) is 2.35. The summed E-state index contributed by atoms with van der Waals surface area (Å²) < 4.78 is 0. The molecule has 104 valence electrons. The van der Waals surface area contributed by atoms with Crippen LogP contribution >= 0.6 is 0 Å². The Morgan fingerprint density at radius 1 is 1.44 bits per heavy atom. The fraction of sp³-hybridized carbons (Fsp3) is 0.846. The summed E-state index contributed by atoms with van der Waals surface area (Å²) in [5.74, 6) is -0.828. The third-order valence-electron chi connectivity index (χ3n) is 3.61. The van der Waals surface area contributed by atoms with Crippen LogP contribution in [0, 0.1) is 11.8 Å². The molecule has 1 aliphatic rings. The first-order valence-electron chi connectivity index (χ1n) is 6.74. The molecule has 0 radical (unpaired) electrons. The number of piperidine rings is 1. The van der Waals surface area contributed by atoms with E-state index in [-0.39, 0.29) is 12.1 Å². The summed E-state index contributed by atoms with van der Waals surface area (Å²) in [6, 6.07) is 0.0317. The van der Waals surface area contributed by atoms with Crippen LogP contribution in [0.1, 0.15) is 40.0 Å². The van der Waals surface area contributed by atoms with Gasteiger partial charge in [-0.25, -0.2) is 4.79 Å². The predicted octanol–water partition coefficient (Wildman–Crippen LogP) is 1.93. The summed E-state index contributed by atoms with van der Waals surface area (Å²) in [6.07, 6.45) is 2.32. The van der Waals surface area contributed by atoms with E-state index in [0.29, 0.717) is 25.4 Å². The number of hydrogen-bond donors (Lipinski definition) is 2. The molecule has 1 saturated heterocycles. The van der Waals surface area contributed by atoms with E-state index in [1.807, 2.05) is 6.92 Å². The van der Waals surface area contributed by atoms with Crippen LogP contribution in [0.2, 0.25) is 0 Å². The van der Waals surface area contributed by atoms with E-state index in [1.165, 1.54) is 0 Å². The van der Waals surface area contributed by atoms with Crippen molar-refractivity contribution in [1.29, 1.82) is 0 Å². The van der Waals surface area contributed by atoms with E-state index in [0.717, 1.165) is 12.8 Å². The summed E-state index contributed by atoms with van der Waals surface area (Å²) in [4.78, 5) is 24.6. The second-order valence-corrected chi connectivity index (χ2v) is 5.33. The lowest BCUT2D eigenvalue weighted by Gasteiger charge is -2.32. The lowest BCUT2D eigenvalue weighted by Crippen LogP contribution is -2.50. The maximum absolute atomic E-state index is 12.1. The number of aliphatic carboxylic acids is 1. The second kappa shape index (κ2) is 6.61. The van der Waals surface area contributed by atoms with Gasteiger partial charge in [0, 0.05) is 19.1 Å². The third kappa shape index (κ3) is 3.89. The van der Waals surface area contributed by atoms with E-state index in [4.69, 9.17) is 5.11 Å². The number of amides is 2. The van der Waals surface area contributed by atoms with Gasteiger partial charge in [-0.05, 0) is 25.2 Å². The van der Waals surface area contributed by atoms with Gasteiger partial charge in [0.2, 0.25) is 0 Å². The maximum Gasteiger partial charge on any atom is 0.317 e. The van der Waals surface area contributed by atoms with Crippen LogP contribution in [0.4, 0.5) is 4.79 Å². The molecule has 18 heavy (non-hydrogen) atoms. The number of carbonyl (C=O) groups is 2. The van der Waals surface area contributed by atoms with Crippen molar-refractivity contribution >= 4 is 12.0 Å². The highest BCUT2D eigenvalue weighted by atomic mass is 16.4. The zero-order valence-corrected chi connectivity index (χ0v) is 11.5. The highest BCUT2D eigenvalue weighted by Gasteiger charge is 2.29. The average Bonchev–Trinajstić information content (AvgIpc) is 2.35. The van der Waals surface area contributed by atoms with E-state index in [9.17, 15) is 9.59 Å². The Hall–Kier alpha value is -1.26. The zero-order chi connectivity index (χ0) is 13.7. The molecule has 2 amide bonds. The molecular formula is C13H24N2O3. The molecule has 0 spiro atoms. The van der Waals surface area contributed by atoms with Crippen LogP contribution < -0.4 is 5.32 Å². The summed E-state index contributed by atoms with van der Waals surface area (Å²) in [7, 11) is 0. The van der Waals surface area contributed by atoms with Gasteiger partial charge in [-0.1, -0.05) is 20.8 Å². The van der Waals surface area contributed by atoms with Crippen LogP contribution in [-0.2, 0) is 4.79 Å². The number of carboxylic acids is 1. The van der Waals surface area contributed by atoms with Gasteiger partial charge in [-0.2, -0.15) is 0 Å². The minimum atomic E-state index is -0.802. The highest BCUT2D eigenvalue weighted by molar-refractivity contribution is 5.76. The van der Waals surface area contributed by atoms with Crippen molar-refractivity contribution in [2.24, 2.45) is 11.8 Å². The molecule has 5 heteroatoms. The lowest BCUT2D eigenvalue weighted by molar-refractivity contribution is -0.143. The van der Waals surface area contributed by atoms with Gasteiger partial charge in [-0.15, -0.1) is 0 Å². The monoisotopic (exact) mass is 256 g/mol. The quantitative estimate of drug-likeness (QED) is 0.807. The predicted molar refractivity (Wildman–Crippen MR) is 69.4 cm³/mol. The van der Waals surface area contributed by atoms with Gasteiger partial charge >= 0.3 is 12.0 Å². The number of carbonyl (C=O) groups excluding carboxylic acids is 1. The van der Waals surface area contributed by atoms with Crippen molar-refractivity contribution < 1.29 is 14.7 Å². The molecule has 0 bridgehead atoms. The Labute approximate surface area is 109 Å². The Morgan fingerprint density at radius 3 is 2.61 bits per heavy atom. The average molecular weight is 256 g/mol. The van der Waals surface area contributed by atoms with E-state index in [1.54, 1.807) is 4.90 Å². The van der Waals surface area contributed by atoms with Gasteiger partial charge < -0.3 is 15.3 Å². The molecule has 2 N–H and O–H groups in total. The molecule has 0 aromatic carbocycles. The second-order valence-electron chi connectivity index (χ2n) is 5.33. The number of urea groups is 1. The van der Waals surface area contributed by atoms with Crippen LogP contribution in [0.25, 0.3) is 0 Å². The van der Waals surface area contributed by atoms with Crippen molar-refractivity contribution in [1.82, 2.24) is 10.2 Å². The van der Waals surface area contributed by atoms with Crippen LogP contribution in [0.15, 0.2) is 0 Å². The first-order valence-corrected chi connectivity index (χ1v) is 6.74. The topological polar surface area (TPSA) is 69.6 Å². The van der Waals surface area contributed by atoms with Crippen molar-refractivity contribution in [2.75, 3.05) is 13.1 Å². The zero-order valence-electron chi connectivity index (χ0n) is 11.5. The molecule has 5 nitrogen and oxygen atoms in total. The molecule has 2 atom stereocenters. The Bertz CT molecular complexity index is 305. The molecule has 1 fully saturated rings. The summed E-state index contributed by atoms with van der Waals surface area (Å²) in [5, 5.41) is 12.0. The molecule has 0 aliphatic carbocycles. The van der Waals surface area contributed by atoms with Gasteiger partial charge in [0.15, 0.2) is 0 Å². The van der Waals surface area contributed by atoms with Crippen LogP contribution in [0.5, 0.6) is 0 Å². The lowest BCUT2D eigenvalue weighted by atomic mass is 9.98. The molecule has 0 aromatic rings. The van der Waals surface area contributed by atoms with E-state index in [2.05, 4.69) is 19.2 Å². The van der Waals surface area contributed by atoms with E-state index < -0.39 is 11.9 Å². The van der Waals surface area contributed by atoms with Gasteiger partial charge in [0.1, 0.15) is 0 Å².